The SMILES string of the molecule is Cc1cccc(N2CCN(CC(=O)N3CCN(c4ncccn4)CC3)CC2)c1C. The summed E-state index contributed by atoms with van der Waals surface area (Å²) in [6.07, 6.45) is 3.52. The van der Waals surface area contributed by atoms with Crippen LogP contribution in [0.4, 0.5) is 11.6 Å². The van der Waals surface area contributed by atoms with Crippen molar-refractivity contribution in [3.63, 3.8) is 0 Å². The van der Waals surface area contributed by atoms with E-state index < -0.39 is 0 Å². The lowest BCUT2D eigenvalue weighted by Crippen LogP contribution is -2.54. The number of hydrogen-bond donors (Lipinski definition) is 0. The molecular formula is C22H30N6O. The molecule has 2 fully saturated rings. The lowest BCUT2D eigenvalue weighted by Gasteiger charge is -2.39. The van der Waals surface area contributed by atoms with Gasteiger partial charge in [0.25, 0.3) is 0 Å². The van der Waals surface area contributed by atoms with Crippen LogP contribution in [0.25, 0.3) is 0 Å². The molecule has 0 spiro atoms. The zero-order chi connectivity index (χ0) is 20.2. The van der Waals surface area contributed by atoms with E-state index in [0.717, 1.165) is 58.3 Å². The first-order valence-corrected chi connectivity index (χ1v) is 10.4. The van der Waals surface area contributed by atoms with Gasteiger partial charge in [-0.05, 0) is 37.1 Å². The van der Waals surface area contributed by atoms with Crippen LogP contribution < -0.4 is 9.80 Å². The maximum atomic E-state index is 12.8. The summed E-state index contributed by atoms with van der Waals surface area (Å²) in [4.78, 5) is 30.3. The molecule has 2 aliphatic rings. The number of hydrogen-bond acceptors (Lipinski definition) is 6. The van der Waals surface area contributed by atoms with E-state index in [2.05, 4.69) is 56.7 Å². The van der Waals surface area contributed by atoms with E-state index in [1.165, 1.54) is 16.8 Å². The number of amides is 1. The number of rotatable bonds is 4. The van der Waals surface area contributed by atoms with Crippen molar-refractivity contribution in [3.8, 4) is 0 Å². The second kappa shape index (κ2) is 8.78. The van der Waals surface area contributed by atoms with Crippen molar-refractivity contribution in [3.05, 3.63) is 47.8 Å². The van der Waals surface area contributed by atoms with Crippen LogP contribution in [-0.4, -0.2) is 84.6 Å². The van der Waals surface area contributed by atoms with Gasteiger partial charge in [-0.25, -0.2) is 9.97 Å². The summed E-state index contributed by atoms with van der Waals surface area (Å²) in [6.45, 7) is 11.7. The van der Waals surface area contributed by atoms with E-state index in [0.29, 0.717) is 6.54 Å². The van der Waals surface area contributed by atoms with Crippen LogP contribution in [0.5, 0.6) is 0 Å². The molecular weight excluding hydrogens is 364 g/mol. The first-order valence-electron chi connectivity index (χ1n) is 10.4. The monoisotopic (exact) mass is 394 g/mol. The van der Waals surface area contributed by atoms with Gasteiger partial charge < -0.3 is 14.7 Å². The van der Waals surface area contributed by atoms with E-state index in [1.807, 2.05) is 11.0 Å². The standard InChI is InChI=1S/C22H30N6O/c1-18-5-3-6-20(19(18)2)26-11-9-25(10-12-26)17-21(29)27-13-15-28(16-14-27)22-23-7-4-8-24-22/h3-8H,9-17H2,1-2H3. The molecule has 1 aromatic carbocycles. The van der Waals surface area contributed by atoms with Crippen LogP contribution in [0.2, 0.25) is 0 Å². The Morgan fingerprint density at radius 2 is 1.52 bits per heavy atom. The molecule has 0 bridgehead atoms. The van der Waals surface area contributed by atoms with E-state index in [1.54, 1.807) is 12.4 Å². The molecule has 2 aliphatic heterocycles. The summed E-state index contributed by atoms with van der Waals surface area (Å²) in [5.74, 6) is 0.987. The van der Waals surface area contributed by atoms with E-state index in [9.17, 15) is 4.79 Å². The van der Waals surface area contributed by atoms with Crippen LogP contribution in [0, 0.1) is 13.8 Å². The second-order valence-corrected chi connectivity index (χ2v) is 7.90. The van der Waals surface area contributed by atoms with E-state index in [4.69, 9.17) is 0 Å². The highest BCUT2D eigenvalue weighted by Crippen LogP contribution is 2.23. The highest BCUT2D eigenvalue weighted by atomic mass is 16.2. The summed E-state index contributed by atoms with van der Waals surface area (Å²) in [6, 6.07) is 8.33. The van der Waals surface area contributed by atoms with Gasteiger partial charge in [0.1, 0.15) is 0 Å². The van der Waals surface area contributed by atoms with Crippen LogP contribution >= 0.6 is 0 Å². The Labute approximate surface area is 172 Å². The fraction of sp³-hybridized carbons (Fsp3) is 0.500. The third-order valence-electron chi connectivity index (χ3n) is 6.12. The summed E-state index contributed by atoms with van der Waals surface area (Å²) in [5, 5.41) is 0. The molecule has 1 amide bonds. The Kier molecular flexibility index (Phi) is 5.94. The van der Waals surface area contributed by atoms with Crippen molar-refractivity contribution in [2.45, 2.75) is 13.8 Å². The molecule has 0 saturated carbocycles. The van der Waals surface area contributed by atoms with Gasteiger partial charge in [0.15, 0.2) is 0 Å². The zero-order valence-corrected chi connectivity index (χ0v) is 17.4. The van der Waals surface area contributed by atoms with Crippen molar-refractivity contribution in [2.24, 2.45) is 0 Å². The lowest BCUT2D eigenvalue weighted by molar-refractivity contribution is -0.132. The summed E-state index contributed by atoms with van der Waals surface area (Å²) < 4.78 is 0. The smallest absolute Gasteiger partial charge is 0.236 e. The normalized spacial score (nSPS) is 18.2. The lowest BCUT2D eigenvalue weighted by atomic mass is 10.1. The van der Waals surface area contributed by atoms with Crippen molar-refractivity contribution >= 4 is 17.5 Å². The van der Waals surface area contributed by atoms with E-state index in [-0.39, 0.29) is 5.91 Å². The van der Waals surface area contributed by atoms with Crippen LogP contribution in [0.3, 0.4) is 0 Å². The maximum absolute atomic E-state index is 12.8. The number of aryl methyl sites for hydroxylation is 1. The molecule has 1 aromatic heterocycles. The van der Waals surface area contributed by atoms with Gasteiger partial charge in [0, 0.05) is 70.4 Å². The van der Waals surface area contributed by atoms with Gasteiger partial charge in [-0.3, -0.25) is 9.69 Å². The van der Waals surface area contributed by atoms with Crippen LogP contribution in [0.1, 0.15) is 11.1 Å². The highest BCUT2D eigenvalue weighted by molar-refractivity contribution is 5.78. The molecule has 2 aromatic rings. The summed E-state index contributed by atoms with van der Waals surface area (Å²) >= 11 is 0. The minimum Gasteiger partial charge on any atom is -0.369 e. The molecule has 0 N–H and O–H groups in total. The first-order chi connectivity index (χ1) is 14.1. The summed E-state index contributed by atoms with van der Waals surface area (Å²) in [5.41, 5.74) is 4.02. The Balaban J connectivity index is 1.25. The first kappa shape index (κ1) is 19.6. The molecule has 29 heavy (non-hydrogen) atoms. The van der Waals surface area contributed by atoms with Crippen LogP contribution in [-0.2, 0) is 4.79 Å². The van der Waals surface area contributed by atoms with Gasteiger partial charge in [-0.15, -0.1) is 0 Å². The number of anilines is 2. The Morgan fingerprint density at radius 3 is 2.21 bits per heavy atom. The Bertz CT molecular complexity index is 826. The quantitative estimate of drug-likeness (QED) is 0.785. The van der Waals surface area contributed by atoms with Gasteiger partial charge in [-0.2, -0.15) is 0 Å². The largest absolute Gasteiger partial charge is 0.369 e. The third kappa shape index (κ3) is 4.50. The minimum absolute atomic E-state index is 0.235. The van der Waals surface area contributed by atoms with Gasteiger partial charge in [-0.1, -0.05) is 12.1 Å². The average Bonchev–Trinajstić information content (AvgIpc) is 2.77. The average molecular weight is 395 g/mol. The molecule has 4 rings (SSSR count). The molecule has 154 valence electrons. The number of carbonyl (C=O) groups excluding carboxylic acids is 1. The molecule has 0 atom stereocenters. The minimum atomic E-state index is 0.235. The Hall–Kier alpha value is -2.67. The highest BCUT2D eigenvalue weighted by Gasteiger charge is 2.26. The van der Waals surface area contributed by atoms with Crippen molar-refractivity contribution in [1.82, 2.24) is 19.8 Å². The second-order valence-electron chi connectivity index (χ2n) is 7.90. The molecule has 0 radical (unpaired) electrons. The molecule has 0 aliphatic carbocycles. The van der Waals surface area contributed by atoms with Crippen LogP contribution in [0.15, 0.2) is 36.7 Å². The number of aromatic nitrogens is 2. The predicted molar refractivity (Wildman–Crippen MR) is 115 cm³/mol. The number of piperazine rings is 2. The van der Waals surface area contributed by atoms with Crippen molar-refractivity contribution < 1.29 is 4.79 Å². The number of carbonyl (C=O) groups is 1. The van der Waals surface area contributed by atoms with Gasteiger partial charge in [0.05, 0.1) is 6.54 Å². The molecule has 7 nitrogen and oxygen atoms in total. The van der Waals surface area contributed by atoms with Crippen molar-refractivity contribution in [2.75, 3.05) is 68.7 Å². The fourth-order valence-corrected chi connectivity index (χ4v) is 4.13. The third-order valence-corrected chi connectivity index (χ3v) is 6.12. The molecule has 3 heterocycles. The molecule has 0 unspecified atom stereocenters. The fourth-order valence-electron chi connectivity index (χ4n) is 4.13. The predicted octanol–water partition coefficient (Wildman–Crippen LogP) is 1.56. The molecule has 7 heteroatoms. The number of benzene rings is 1. The summed E-state index contributed by atoms with van der Waals surface area (Å²) in [7, 11) is 0. The Morgan fingerprint density at radius 1 is 0.862 bits per heavy atom. The van der Waals surface area contributed by atoms with Gasteiger partial charge in [0.2, 0.25) is 11.9 Å². The molecule has 2 saturated heterocycles. The number of nitrogens with zero attached hydrogens (tertiary/aromatic N) is 6. The zero-order valence-electron chi connectivity index (χ0n) is 17.4. The maximum Gasteiger partial charge on any atom is 0.236 e. The van der Waals surface area contributed by atoms with Gasteiger partial charge >= 0.3 is 0 Å². The van der Waals surface area contributed by atoms with Crippen molar-refractivity contribution in [1.29, 1.82) is 0 Å². The van der Waals surface area contributed by atoms with E-state index >= 15 is 0 Å². The topological polar surface area (TPSA) is 55.8 Å².